The summed E-state index contributed by atoms with van der Waals surface area (Å²) in [6.07, 6.45) is 6.04. The minimum Gasteiger partial charge on any atom is -0.385 e. The van der Waals surface area contributed by atoms with Crippen LogP contribution in [0.1, 0.15) is 41.3 Å². The molecule has 3 aromatic carbocycles. The minimum atomic E-state index is 0.00155. The Bertz CT molecular complexity index is 957. The molecule has 0 saturated carbocycles. The monoisotopic (exact) mass is 381 g/mol. The van der Waals surface area contributed by atoms with Gasteiger partial charge in [0.15, 0.2) is 5.78 Å². The van der Waals surface area contributed by atoms with Gasteiger partial charge in [0, 0.05) is 17.8 Å². The highest BCUT2D eigenvalue weighted by Gasteiger charge is 2.08. The van der Waals surface area contributed by atoms with Gasteiger partial charge in [0.1, 0.15) is 0 Å². The normalized spacial score (nSPS) is 11.9. The van der Waals surface area contributed by atoms with E-state index in [1.165, 1.54) is 0 Å². The van der Waals surface area contributed by atoms with Crippen molar-refractivity contribution in [3.63, 3.8) is 0 Å². The number of unbranched alkanes of at least 4 members (excludes halogenated alkanes) is 1. The maximum Gasteiger partial charge on any atom is 0.186 e. The van der Waals surface area contributed by atoms with Crippen molar-refractivity contribution in [3.05, 3.63) is 120 Å². The number of hydrogen-bond acceptors (Lipinski definition) is 2. The van der Waals surface area contributed by atoms with Crippen molar-refractivity contribution in [1.29, 1.82) is 0 Å². The Morgan fingerprint density at radius 2 is 1.24 bits per heavy atom. The fourth-order valence-electron chi connectivity index (χ4n) is 3.08. The van der Waals surface area contributed by atoms with E-state index in [1.807, 2.05) is 78.9 Å². The summed E-state index contributed by atoms with van der Waals surface area (Å²) in [5.41, 5.74) is 4.73. The Morgan fingerprint density at radius 1 is 0.724 bits per heavy atom. The summed E-state index contributed by atoms with van der Waals surface area (Å²) in [6, 6.07) is 29.7. The summed E-state index contributed by atoms with van der Waals surface area (Å²) in [5, 5.41) is 3.56. The molecule has 3 rings (SSSR count). The van der Waals surface area contributed by atoms with Crippen molar-refractivity contribution in [2.45, 2.75) is 19.8 Å². The van der Waals surface area contributed by atoms with E-state index in [4.69, 9.17) is 0 Å². The topological polar surface area (TPSA) is 29.1 Å². The maximum absolute atomic E-state index is 12.9. The van der Waals surface area contributed by atoms with Gasteiger partial charge in [-0.3, -0.25) is 4.79 Å². The first-order valence-corrected chi connectivity index (χ1v) is 10.2. The van der Waals surface area contributed by atoms with Crippen molar-refractivity contribution >= 4 is 17.1 Å². The summed E-state index contributed by atoms with van der Waals surface area (Å²) >= 11 is 0. The van der Waals surface area contributed by atoms with Gasteiger partial charge < -0.3 is 5.32 Å². The average molecular weight is 382 g/mol. The van der Waals surface area contributed by atoms with Crippen LogP contribution in [0, 0.1) is 0 Å². The maximum atomic E-state index is 12.9. The molecular weight excluding hydrogens is 354 g/mol. The summed E-state index contributed by atoms with van der Waals surface area (Å²) in [5.74, 6) is 0.00155. The lowest BCUT2D eigenvalue weighted by atomic mass is 9.99. The van der Waals surface area contributed by atoms with E-state index in [0.717, 1.165) is 41.8 Å². The molecule has 0 aliphatic carbocycles. The zero-order valence-corrected chi connectivity index (χ0v) is 16.8. The number of nitrogens with one attached hydrogen (secondary N) is 1. The zero-order valence-electron chi connectivity index (χ0n) is 16.8. The highest BCUT2D eigenvalue weighted by Crippen LogP contribution is 2.22. The van der Waals surface area contributed by atoms with Gasteiger partial charge in [0.25, 0.3) is 0 Å². The number of hydrogen-bond donors (Lipinski definition) is 1. The van der Waals surface area contributed by atoms with Crippen molar-refractivity contribution in [3.8, 4) is 0 Å². The third kappa shape index (κ3) is 6.05. The number of carbonyl (C=O) groups excluding carboxylic acids is 1. The van der Waals surface area contributed by atoms with Crippen molar-refractivity contribution in [1.82, 2.24) is 5.32 Å². The number of benzene rings is 3. The molecule has 146 valence electrons. The lowest BCUT2D eigenvalue weighted by molar-refractivity contribution is 0.104. The smallest absolute Gasteiger partial charge is 0.186 e. The van der Waals surface area contributed by atoms with E-state index in [9.17, 15) is 4.79 Å². The standard InChI is InChI=1S/C27H27NO/c1-2-3-19-28-26(23-15-9-5-10-16-23)20-25(22-13-7-4-8-14-22)21-27(29)24-17-11-6-12-18-24/h4-18,20-21,28H,2-3,19H2,1H3/b25-21+,26-20-. The predicted molar refractivity (Wildman–Crippen MR) is 123 cm³/mol. The molecule has 0 atom stereocenters. The molecule has 0 unspecified atom stereocenters. The quantitative estimate of drug-likeness (QED) is 0.201. The Hall–Kier alpha value is -3.39. The molecule has 3 aromatic rings. The summed E-state index contributed by atoms with van der Waals surface area (Å²) < 4.78 is 0. The van der Waals surface area contributed by atoms with Gasteiger partial charge >= 0.3 is 0 Å². The van der Waals surface area contributed by atoms with Crippen LogP contribution in [0.5, 0.6) is 0 Å². The van der Waals surface area contributed by atoms with Gasteiger partial charge in [0.2, 0.25) is 0 Å². The first kappa shape index (κ1) is 20.3. The Balaban J connectivity index is 2.03. The third-order valence-electron chi connectivity index (χ3n) is 4.68. The molecule has 0 radical (unpaired) electrons. The van der Waals surface area contributed by atoms with E-state index >= 15 is 0 Å². The van der Waals surface area contributed by atoms with Gasteiger partial charge in [0.05, 0.1) is 0 Å². The molecular formula is C27H27NO. The molecule has 0 aliphatic rings. The summed E-state index contributed by atoms with van der Waals surface area (Å²) in [4.78, 5) is 12.9. The molecule has 0 heterocycles. The van der Waals surface area contributed by atoms with E-state index in [2.05, 4.69) is 30.4 Å². The first-order valence-electron chi connectivity index (χ1n) is 10.2. The van der Waals surface area contributed by atoms with Gasteiger partial charge in [-0.1, -0.05) is 104 Å². The van der Waals surface area contributed by atoms with Crippen LogP contribution in [0.4, 0.5) is 0 Å². The minimum absolute atomic E-state index is 0.00155. The van der Waals surface area contributed by atoms with E-state index in [-0.39, 0.29) is 5.78 Å². The SMILES string of the molecule is CCCCN/C(=C\C(=C/C(=O)c1ccccc1)c1ccccc1)c1ccccc1. The van der Waals surface area contributed by atoms with Gasteiger partial charge in [-0.25, -0.2) is 0 Å². The molecule has 0 fully saturated rings. The number of carbonyl (C=O) groups is 1. The molecule has 0 aliphatic heterocycles. The van der Waals surface area contributed by atoms with E-state index < -0.39 is 0 Å². The Labute approximate surface area is 173 Å². The second kappa shape index (κ2) is 10.8. The average Bonchev–Trinajstić information content (AvgIpc) is 2.79. The molecule has 29 heavy (non-hydrogen) atoms. The lowest BCUT2D eigenvalue weighted by Crippen LogP contribution is -2.14. The molecule has 2 heteroatoms. The predicted octanol–water partition coefficient (Wildman–Crippen LogP) is 6.38. The Kier molecular flexibility index (Phi) is 7.59. The van der Waals surface area contributed by atoms with Gasteiger partial charge in [-0.2, -0.15) is 0 Å². The van der Waals surface area contributed by atoms with E-state index in [1.54, 1.807) is 6.08 Å². The number of ketones is 1. The second-order valence-electron chi connectivity index (χ2n) is 6.90. The van der Waals surface area contributed by atoms with Gasteiger partial charge in [-0.15, -0.1) is 0 Å². The van der Waals surface area contributed by atoms with Crippen molar-refractivity contribution in [2.75, 3.05) is 6.54 Å². The van der Waals surface area contributed by atoms with E-state index in [0.29, 0.717) is 5.56 Å². The van der Waals surface area contributed by atoms with Crippen molar-refractivity contribution in [2.24, 2.45) is 0 Å². The largest absolute Gasteiger partial charge is 0.385 e. The highest BCUT2D eigenvalue weighted by atomic mass is 16.1. The molecule has 2 nitrogen and oxygen atoms in total. The summed E-state index contributed by atoms with van der Waals surface area (Å²) in [7, 11) is 0. The molecule has 0 aromatic heterocycles. The third-order valence-corrected chi connectivity index (χ3v) is 4.68. The van der Waals surface area contributed by atoms with Crippen LogP contribution in [-0.4, -0.2) is 12.3 Å². The van der Waals surface area contributed by atoms with Crippen LogP contribution in [-0.2, 0) is 0 Å². The molecule has 0 spiro atoms. The van der Waals surface area contributed by atoms with Crippen LogP contribution in [0.3, 0.4) is 0 Å². The number of allylic oxidation sites excluding steroid dienone is 3. The van der Waals surface area contributed by atoms with Crippen LogP contribution < -0.4 is 5.32 Å². The molecule has 0 amide bonds. The zero-order chi connectivity index (χ0) is 20.3. The molecule has 0 saturated heterocycles. The van der Waals surface area contributed by atoms with Crippen LogP contribution in [0.2, 0.25) is 0 Å². The fraction of sp³-hybridized carbons (Fsp3) is 0.148. The second-order valence-corrected chi connectivity index (χ2v) is 6.90. The van der Waals surface area contributed by atoms with Crippen LogP contribution in [0.25, 0.3) is 11.3 Å². The fourth-order valence-corrected chi connectivity index (χ4v) is 3.08. The van der Waals surface area contributed by atoms with Crippen LogP contribution >= 0.6 is 0 Å². The lowest BCUT2D eigenvalue weighted by Gasteiger charge is -2.13. The molecule has 1 N–H and O–H groups in total. The van der Waals surface area contributed by atoms with Crippen molar-refractivity contribution < 1.29 is 4.79 Å². The molecule has 0 bridgehead atoms. The number of rotatable bonds is 9. The van der Waals surface area contributed by atoms with Gasteiger partial charge in [-0.05, 0) is 35.3 Å². The Morgan fingerprint density at radius 3 is 1.79 bits per heavy atom. The van der Waals surface area contributed by atoms with Crippen LogP contribution in [0.15, 0.2) is 103 Å². The highest BCUT2D eigenvalue weighted by molar-refractivity contribution is 6.10. The summed E-state index contributed by atoms with van der Waals surface area (Å²) in [6.45, 7) is 3.08. The first-order chi connectivity index (χ1) is 14.3.